The summed E-state index contributed by atoms with van der Waals surface area (Å²) in [4.78, 5) is 0. The second kappa shape index (κ2) is 17.6. The smallest absolute Gasteiger partial charge is 0.00694 e. The Kier molecular flexibility index (Phi) is 24.2. The van der Waals surface area contributed by atoms with Crippen LogP contribution in [0.2, 0.25) is 0 Å². The van der Waals surface area contributed by atoms with Gasteiger partial charge in [-0.25, -0.2) is 0 Å². The number of benzene rings is 1. The average Bonchev–Trinajstić information content (AvgIpc) is 2.83. The standard InChI is InChI=1S/C9H12.C8H17N.3CH4.Y/c1-8(2)9-6-4-3-5-7-9;1-7(2)9-8-5-3-4-6-8;;;;/h3-8H,1-2H3;7-9H,3-6H2,1-2H3;3*1H4;. The zero-order chi connectivity index (χ0) is 13.4. The van der Waals surface area contributed by atoms with E-state index in [-0.39, 0.29) is 55.0 Å². The Hall–Kier alpha value is 0.284. The molecule has 1 aliphatic rings. The van der Waals surface area contributed by atoms with Crippen molar-refractivity contribution in [1.82, 2.24) is 5.32 Å². The van der Waals surface area contributed by atoms with Crippen LogP contribution in [0.25, 0.3) is 0 Å². The predicted molar refractivity (Wildman–Crippen MR) is 101 cm³/mol. The first-order valence-corrected chi connectivity index (χ1v) is 7.40. The number of nitrogens with one attached hydrogen (secondary N) is 1. The van der Waals surface area contributed by atoms with Crippen molar-refractivity contribution in [3.05, 3.63) is 35.9 Å². The molecule has 1 N–H and O–H groups in total. The van der Waals surface area contributed by atoms with Crippen molar-refractivity contribution in [2.24, 2.45) is 0 Å². The molecule has 2 rings (SSSR count). The Labute approximate surface area is 166 Å². The van der Waals surface area contributed by atoms with Gasteiger partial charge in [0.05, 0.1) is 0 Å². The number of hydrogen-bond acceptors (Lipinski definition) is 1. The molecule has 129 valence electrons. The Morgan fingerprint density at radius 3 is 1.64 bits per heavy atom. The van der Waals surface area contributed by atoms with Gasteiger partial charge in [0.1, 0.15) is 0 Å². The van der Waals surface area contributed by atoms with Crippen molar-refractivity contribution in [3.8, 4) is 0 Å². The van der Waals surface area contributed by atoms with Crippen molar-refractivity contribution in [2.45, 2.75) is 93.7 Å². The van der Waals surface area contributed by atoms with E-state index in [2.05, 4.69) is 57.3 Å². The van der Waals surface area contributed by atoms with E-state index < -0.39 is 0 Å². The molecule has 2 heteroatoms. The minimum absolute atomic E-state index is 0. The summed E-state index contributed by atoms with van der Waals surface area (Å²) in [5.74, 6) is 0.659. The van der Waals surface area contributed by atoms with E-state index >= 15 is 0 Å². The third kappa shape index (κ3) is 13.9. The zero-order valence-electron chi connectivity index (χ0n) is 13.0. The fraction of sp³-hybridized carbons (Fsp3) is 0.700. The van der Waals surface area contributed by atoms with Gasteiger partial charge in [-0.2, -0.15) is 0 Å². The second-order valence-corrected chi connectivity index (χ2v) is 5.87. The summed E-state index contributed by atoms with van der Waals surface area (Å²) in [6.45, 7) is 8.85. The molecule has 0 saturated heterocycles. The first-order valence-electron chi connectivity index (χ1n) is 7.40. The van der Waals surface area contributed by atoms with Crippen LogP contribution in [0.1, 0.15) is 87.1 Å². The maximum absolute atomic E-state index is 3.54. The summed E-state index contributed by atoms with van der Waals surface area (Å²) < 4.78 is 0. The van der Waals surface area contributed by atoms with E-state index in [1.165, 1.54) is 31.2 Å². The molecule has 1 aromatic rings. The topological polar surface area (TPSA) is 12.0 Å². The molecule has 0 spiro atoms. The van der Waals surface area contributed by atoms with E-state index in [9.17, 15) is 0 Å². The van der Waals surface area contributed by atoms with Gasteiger partial charge in [-0.15, -0.1) is 0 Å². The SMILES string of the molecule is C.C.C.CC(C)NC1CCCC1.CC(C)c1ccccc1.[Y]. The molecule has 0 bridgehead atoms. The molecule has 1 fully saturated rings. The van der Waals surface area contributed by atoms with Gasteiger partial charge in [0.25, 0.3) is 0 Å². The van der Waals surface area contributed by atoms with Gasteiger partial charge in [-0.3, -0.25) is 0 Å². The van der Waals surface area contributed by atoms with Crippen molar-refractivity contribution in [1.29, 1.82) is 0 Å². The predicted octanol–water partition coefficient (Wildman–Crippen LogP) is 6.64. The van der Waals surface area contributed by atoms with E-state index in [0.717, 1.165) is 6.04 Å². The van der Waals surface area contributed by atoms with Crippen LogP contribution >= 0.6 is 0 Å². The van der Waals surface area contributed by atoms with Crippen LogP contribution in [0, 0.1) is 0 Å². The third-order valence-electron chi connectivity index (χ3n) is 3.39. The molecule has 1 aromatic carbocycles. The van der Waals surface area contributed by atoms with Crippen molar-refractivity contribution >= 4 is 0 Å². The largest absolute Gasteiger partial charge is 0.312 e. The first kappa shape index (κ1) is 30.2. The van der Waals surface area contributed by atoms with E-state index in [1.807, 2.05) is 6.07 Å². The Morgan fingerprint density at radius 2 is 1.32 bits per heavy atom. The van der Waals surface area contributed by atoms with Crippen LogP contribution in [-0.4, -0.2) is 12.1 Å². The van der Waals surface area contributed by atoms with Crippen LogP contribution in [0.15, 0.2) is 30.3 Å². The Morgan fingerprint density at radius 1 is 0.864 bits per heavy atom. The molecule has 0 aromatic heterocycles. The number of rotatable bonds is 3. The maximum Gasteiger partial charge on any atom is 0.00694 e. The Balaban J connectivity index is -0.000000125. The molecule has 1 saturated carbocycles. The maximum atomic E-state index is 3.54. The van der Waals surface area contributed by atoms with Crippen LogP contribution in [0.4, 0.5) is 0 Å². The molecule has 0 unspecified atom stereocenters. The average molecular weight is 384 g/mol. The summed E-state index contributed by atoms with van der Waals surface area (Å²) in [6, 6.07) is 12.0. The summed E-state index contributed by atoms with van der Waals surface area (Å²) in [6.07, 6.45) is 5.67. The first-order chi connectivity index (χ1) is 8.59. The van der Waals surface area contributed by atoms with Crippen molar-refractivity contribution < 1.29 is 32.7 Å². The third-order valence-corrected chi connectivity index (χ3v) is 3.39. The quantitative estimate of drug-likeness (QED) is 0.616. The molecule has 0 amide bonds. The van der Waals surface area contributed by atoms with Gasteiger partial charge in [0.15, 0.2) is 0 Å². The van der Waals surface area contributed by atoms with Gasteiger partial charge in [0.2, 0.25) is 0 Å². The minimum Gasteiger partial charge on any atom is -0.312 e. The van der Waals surface area contributed by atoms with Gasteiger partial charge in [-0.05, 0) is 24.3 Å². The molecule has 0 atom stereocenters. The second-order valence-electron chi connectivity index (χ2n) is 5.87. The summed E-state index contributed by atoms with van der Waals surface area (Å²) >= 11 is 0. The fourth-order valence-electron chi connectivity index (χ4n) is 2.40. The molecular formula is C20H41NY. The van der Waals surface area contributed by atoms with E-state index in [1.54, 1.807) is 0 Å². The fourth-order valence-corrected chi connectivity index (χ4v) is 2.40. The molecule has 1 radical (unpaired) electrons. The van der Waals surface area contributed by atoms with Crippen LogP contribution in [0.3, 0.4) is 0 Å². The normalized spacial score (nSPS) is 13.0. The number of hydrogen-bond donors (Lipinski definition) is 1. The summed E-state index contributed by atoms with van der Waals surface area (Å²) in [5.41, 5.74) is 1.41. The zero-order valence-corrected chi connectivity index (χ0v) is 15.9. The van der Waals surface area contributed by atoms with Gasteiger partial charge >= 0.3 is 0 Å². The van der Waals surface area contributed by atoms with Crippen LogP contribution in [-0.2, 0) is 32.7 Å². The molecule has 22 heavy (non-hydrogen) atoms. The molecule has 1 nitrogen and oxygen atoms in total. The van der Waals surface area contributed by atoms with Gasteiger partial charge in [-0.1, -0.05) is 93.1 Å². The van der Waals surface area contributed by atoms with Crippen molar-refractivity contribution in [3.63, 3.8) is 0 Å². The van der Waals surface area contributed by atoms with Crippen molar-refractivity contribution in [2.75, 3.05) is 0 Å². The molecule has 0 aliphatic heterocycles. The van der Waals surface area contributed by atoms with E-state index in [4.69, 9.17) is 0 Å². The Bertz CT molecular complexity index is 303. The van der Waals surface area contributed by atoms with Crippen LogP contribution in [0.5, 0.6) is 0 Å². The molecular weight excluding hydrogens is 343 g/mol. The molecule has 0 heterocycles. The van der Waals surface area contributed by atoms with E-state index in [0.29, 0.717) is 12.0 Å². The summed E-state index contributed by atoms with van der Waals surface area (Å²) in [7, 11) is 0. The van der Waals surface area contributed by atoms with Gasteiger partial charge < -0.3 is 5.32 Å². The van der Waals surface area contributed by atoms with Gasteiger partial charge in [0, 0.05) is 44.8 Å². The molecule has 1 aliphatic carbocycles. The minimum atomic E-state index is 0. The monoisotopic (exact) mass is 384 g/mol. The van der Waals surface area contributed by atoms with Crippen LogP contribution < -0.4 is 5.32 Å². The summed E-state index contributed by atoms with van der Waals surface area (Å²) in [5, 5.41) is 3.54.